The Balaban J connectivity index is 1.97. The summed E-state index contributed by atoms with van der Waals surface area (Å²) in [6, 6.07) is 4.72. The predicted octanol–water partition coefficient (Wildman–Crippen LogP) is 3.58. The minimum Gasteiger partial charge on any atom is -0.481 e. The van der Waals surface area contributed by atoms with E-state index in [2.05, 4.69) is 23.3 Å². The van der Waals surface area contributed by atoms with E-state index in [1.54, 1.807) is 7.11 Å². The van der Waals surface area contributed by atoms with Gasteiger partial charge in [0.05, 0.1) is 7.11 Å². The zero-order valence-electron chi connectivity index (χ0n) is 12.9. The molecule has 0 bridgehead atoms. The van der Waals surface area contributed by atoms with Crippen LogP contribution in [0.4, 0.5) is 0 Å². The Morgan fingerprint density at radius 1 is 1.30 bits per heavy atom. The Morgan fingerprint density at radius 3 is 2.70 bits per heavy atom. The summed E-state index contributed by atoms with van der Waals surface area (Å²) in [5.74, 6) is 1.53. The lowest BCUT2D eigenvalue weighted by Gasteiger charge is -2.31. The van der Waals surface area contributed by atoms with Crippen LogP contribution in [0.3, 0.4) is 0 Å². The summed E-state index contributed by atoms with van der Waals surface area (Å²) < 4.78 is 5.13. The van der Waals surface area contributed by atoms with E-state index in [0.717, 1.165) is 18.9 Å². The lowest BCUT2D eigenvalue weighted by Crippen LogP contribution is -2.39. The van der Waals surface area contributed by atoms with Crippen LogP contribution >= 0.6 is 0 Å². The maximum Gasteiger partial charge on any atom is 0.212 e. The lowest BCUT2D eigenvalue weighted by molar-refractivity contribution is 0.267. The molecule has 0 aliphatic heterocycles. The molecule has 0 spiro atoms. The van der Waals surface area contributed by atoms with Crippen molar-refractivity contribution in [2.45, 2.75) is 57.9 Å². The predicted molar refractivity (Wildman–Crippen MR) is 83.1 cm³/mol. The van der Waals surface area contributed by atoms with Crippen LogP contribution in [0.1, 0.15) is 51.0 Å². The van der Waals surface area contributed by atoms with E-state index < -0.39 is 0 Å². The highest BCUT2D eigenvalue weighted by Crippen LogP contribution is 2.28. The molecular formula is C17H28N2O. The summed E-state index contributed by atoms with van der Waals surface area (Å²) in [5.41, 5.74) is 1.31. The van der Waals surface area contributed by atoms with Gasteiger partial charge in [0, 0.05) is 18.3 Å². The third-order valence-corrected chi connectivity index (χ3v) is 4.34. The molecule has 20 heavy (non-hydrogen) atoms. The highest BCUT2D eigenvalue weighted by atomic mass is 16.5. The molecule has 3 heteroatoms. The third-order valence-electron chi connectivity index (χ3n) is 4.34. The Hall–Kier alpha value is -1.09. The maximum atomic E-state index is 5.13. The highest BCUT2D eigenvalue weighted by Gasteiger charge is 2.23. The maximum absolute atomic E-state index is 5.13. The number of nitrogens with zero attached hydrogens (tertiary/aromatic N) is 1. The van der Waals surface area contributed by atoms with E-state index >= 15 is 0 Å². The molecule has 1 aromatic rings. The van der Waals surface area contributed by atoms with Crippen LogP contribution in [0.5, 0.6) is 5.88 Å². The van der Waals surface area contributed by atoms with Crippen molar-refractivity contribution >= 4 is 0 Å². The van der Waals surface area contributed by atoms with E-state index in [9.17, 15) is 0 Å². The second-order valence-corrected chi connectivity index (χ2v) is 5.87. The van der Waals surface area contributed by atoms with Crippen molar-refractivity contribution in [2.75, 3.05) is 13.7 Å². The summed E-state index contributed by atoms with van der Waals surface area (Å²) in [5, 5.41) is 3.76. The van der Waals surface area contributed by atoms with Gasteiger partial charge in [-0.3, -0.25) is 0 Å². The number of aromatic nitrogens is 1. The molecule has 1 aliphatic carbocycles. The third kappa shape index (κ3) is 4.48. The van der Waals surface area contributed by atoms with Crippen LogP contribution in [-0.2, 0) is 6.42 Å². The van der Waals surface area contributed by atoms with Gasteiger partial charge in [-0.25, -0.2) is 4.98 Å². The first-order valence-electron chi connectivity index (χ1n) is 8.05. The number of hydrogen-bond acceptors (Lipinski definition) is 3. The molecule has 0 radical (unpaired) electrons. The molecule has 1 N–H and O–H groups in total. The Bertz CT molecular complexity index is 371. The largest absolute Gasteiger partial charge is 0.481 e. The van der Waals surface area contributed by atoms with Crippen LogP contribution in [0.15, 0.2) is 18.3 Å². The number of hydrogen-bond donors (Lipinski definition) is 1. The average Bonchev–Trinajstić information content (AvgIpc) is 2.53. The SMILES string of the molecule is CCCNC(Cc1ccc(OC)nc1)C1CCCCC1. The van der Waals surface area contributed by atoms with Crippen molar-refractivity contribution in [2.24, 2.45) is 5.92 Å². The lowest BCUT2D eigenvalue weighted by atomic mass is 9.81. The molecule has 3 nitrogen and oxygen atoms in total. The standard InChI is InChI=1S/C17H28N2O/c1-3-11-18-16(15-7-5-4-6-8-15)12-14-9-10-17(20-2)19-13-14/h9-10,13,15-16,18H,3-8,11-12H2,1-2H3. The second-order valence-electron chi connectivity index (χ2n) is 5.87. The summed E-state index contributed by atoms with van der Waals surface area (Å²) in [6.45, 7) is 3.35. The van der Waals surface area contributed by atoms with Gasteiger partial charge in [-0.15, -0.1) is 0 Å². The quantitative estimate of drug-likeness (QED) is 0.826. The smallest absolute Gasteiger partial charge is 0.212 e. The van der Waals surface area contributed by atoms with Crippen LogP contribution in [0.25, 0.3) is 0 Å². The molecular weight excluding hydrogens is 248 g/mol. The number of ether oxygens (including phenoxy) is 1. The molecule has 1 aromatic heterocycles. The van der Waals surface area contributed by atoms with Gasteiger partial charge in [0.15, 0.2) is 0 Å². The fourth-order valence-electron chi connectivity index (χ4n) is 3.18. The zero-order valence-corrected chi connectivity index (χ0v) is 12.9. The number of methoxy groups -OCH3 is 1. The van der Waals surface area contributed by atoms with Gasteiger partial charge in [-0.05, 0) is 43.7 Å². The normalized spacial score (nSPS) is 17.9. The molecule has 0 amide bonds. The van der Waals surface area contributed by atoms with E-state index in [4.69, 9.17) is 4.74 Å². The van der Waals surface area contributed by atoms with E-state index in [1.165, 1.54) is 44.1 Å². The van der Waals surface area contributed by atoms with Crippen LogP contribution in [0.2, 0.25) is 0 Å². The van der Waals surface area contributed by atoms with Crippen molar-refractivity contribution in [1.29, 1.82) is 0 Å². The van der Waals surface area contributed by atoms with Gasteiger partial charge >= 0.3 is 0 Å². The van der Waals surface area contributed by atoms with Crippen molar-refractivity contribution in [3.05, 3.63) is 23.9 Å². The minimum atomic E-state index is 0.602. The summed E-state index contributed by atoms with van der Waals surface area (Å²) in [6.07, 6.45) is 11.2. The fourth-order valence-corrected chi connectivity index (χ4v) is 3.18. The van der Waals surface area contributed by atoms with Crippen LogP contribution < -0.4 is 10.1 Å². The van der Waals surface area contributed by atoms with Crippen LogP contribution in [-0.4, -0.2) is 24.7 Å². The Labute approximate surface area is 123 Å². The first kappa shape index (κ1) is 15.3. The first-order chi connectivity index (χ1) is 9.83. The summed E-state index contributed by atoms with van der Waals surface area (Å²) >= 11 is 0. The molecule has 1 unspecified atom stereocenters. The van der Waals surface area contributed by atoms with Crippen LogP contribution in [0, 0.1) is 5.92 Å². The second kappa shape index (κ2) is 8.25. The number of nitrogens with one attached hydrogen (secondary N) is 1. The molecule has 1 saturated carbocycles. The monoisotopic (exact) mass is 276 g/mol. The molecule has 1 atom stereocenters. The molecule has 112 valence electrons. The molecule has 1 heterocycles. The number of rotatable bonds is 7. The van der Waals surface area contributed by atoms with E-state index in [-0.39, 0.29) is 0 Å². The first-order valence-corrected chi connectivity index (χ1v) is 8.05. The molecule has 0 saturated heterocycles. The summed E-state index contributed by atoms with van der Waals surface area (Å²) in [4.78, 5) is 4.33. The van der Waals surface area contributed by atoms with Gasteiger partial charge in [-0.1, -0.05) is 32.3 Å². The topological polar surface area (TPSA) is 34.1 Å². The van der Waals surface area contributed by atoms with E-state index in [0.29, 0.717) is 11.9 Å². The van der Waals surface area contributed by atoms with Crippen molar-refractivity contribution in [3.8, 4) is 5.88 Å². The molecule has 1 fully saturated rings. The molecule has 2 rings (SSSR count). The van der Waals surface area contributed by atoms with Gasteiger partial charge in [0.1, 0.15) is 0 Å². The number of pyridine rings is 1. The average molecular weight is 276 g/mol. The minimum absolute atomic E-state index is 0.602. The van der Waals surface area contributed by atoms with Crippen molar-refractivity contribution in [1.82, 2.24) is 10.3 Å². The van der Waals surface area contributed by atoms with Gasteiger partial charge in [0.25, 0.3) is 0 Å². The summed E-state index contributed by atoms with van der Waals surface area (Å²) in [7, 11) is 1.66. The van der Waals surface area contributed by atoms with Gasteiger partial charge < -0.3 is 10.1 Å². The zero-order chi connectivity index (χ0) is 14.2. The van der Waals surface area contributed by atoms with Crippen molar-refractivity contribution in [3.63, 3.8) is 0 Å². The van der Waals surface area contributed by atoms with Crippen molar-refractivity contribution < 1.29 is 4.74 Å². The molecule has 1 aliphatic rings. The Morgan fingerprint density at radius 2 is 2.10 bits per heavy atom. The highest BCUT2D eigenvalue weighted by molar-refractivity contribution is 5.18. The fraction of sp³-hybridized carbons (Fsp3) is 0.706. The van der Waals surface area contributed by atoms with E-state index in [1.807, 2.05) is 12.3 Å². The Kier molecular flexibility index (Phi) is 6.31. The van der Waals surface area contributed by atoms with Gasteiger partial charge in [-0.2, -0.15) is 0 Å². The molecule has 0 aromatic carbocycles. The van der Waals surface area contributed by atoms with Gasteiger partial charge in [0.2, 0.25) is 5.88 Å².